The number of aliphatic carboxylic acids is 1. The van der Waals surface area contributed by atoms with Crippen LogP contribution in [0.2, 0.25) is 0 Å². The largest absolute Gasteiger partial charge is 0.481 e. The van der Waals surface area contributed by atoms with Gasteiger partial charge < -0.3 is 9.84 Å². The normalized spacial score (nSPS) is 40.1. The highest BCUT2D eigenvalue weighted by Crippen LogP contribution is 2.43. The molecule has 1 aliphatic heterocycles. The zero-order chi connectivity index (χ0) is 12.4. The van der Waals surface area contributed by atoms with Gasteiger partial charge in [0, 0.05) is 0 Å². The highest BCUT2D eigenvalue weighted by atomic mass is 16.5. The molecule has 3 nitrogen and oxygen atoms in total. The maximum atomic E-state index is 11.2. The van der Waals surface area contributed by atoms with Gasteiger partial charge in [-0.2, -0.15) is 0 Å². The van der Waals surface area contributed by atoms with E-state index in [9.17, 15) is 9.90 Å². The second kappa shape index (κ2) is 5.38. The van der Waals surface area contributed by atoms with Gasteiger partial charge in [-0.25, -0.2) is 0 Å². The molecule has 5 atom stereocenters. The van der Waals surface area contributed by atoms with E-state index in [2.05, 4.69) is 6.92 Å². The topological polar surface area (TPSA) is 46.5 Å². The minimum atomic E-state index is -0.645. The van der Waals surface area contributed by atoms with Crippen molar-refractivity contribution in [3.63, 3.8) is 0 Å². The lowest BCUT2D eigenvalue weighted by Gasteiger charge is -2.38. The molecule has 0 radical (unpaired) electrons. The quantitative estimate of drug-likeness (QED) is 0.807. The molecule has 2 rings (SSSR count). The van der Waals surface area contributed by atoms with Crippen molar-refractivity contribution in [1.82, 2.24) is 0 Å². The molecular formula is C14H24O3. The number of rotatable bonds is 2. The summed E-state index contributed by atoms with van der Waals surface area (Å²) < 4.78 is 5.84. The third-order valence-electron chi connectivity index (χ3n) is 4.82. The fourth-order valence-corrected chi connectivity index (χ4v) is 3.62. The number of ether oxygens (including phenoxy) is 1. The van der Waals surface area contributed by atoms with Gasteiger partial charge in [-0.05, 0) is 43.9 Å². The average Bonchev–Trinajstić information content (AvgIpc) is 2.50. The number of carboxylic acids is 1. The van der Waals surface area contributed by atoms with Gasteiger partial charge in [-0.1, -0.05) is 19.8 Å². The maximum absolute atomic E-state index is 11.2. The molecule has 0 aromatic carbocycles. The molecule has 0 amide bonds. The second-order valence-corrected chi connectivity index (χ2v) is 5.87. The number of fused-ring (bicyclic) bond motifs is 1. The van der Waals surface area contributed by atoms with Crippen LogP contribution in [-0.2, 0) is 9.53 Å². The SMILES string of the molecule is CC1CCC2CCCC([C@@H](C)C(=O)O)C2CO1. The first-order chi connectivity index (χ1) is 8.09. The molecule has 4 unspecified atom stereocenters. The number of carboxylic acid groups (broad SMARTS) is 1. The maximum Gasteiger partial charge on any atom is 0.306 e. The van der Waals surface area contributed by atoms with Gasteiger partial charge in [0.15, 0.2) is 0 Å². The first-order valence-electron chi connectivity index (χ1n) is 6.94. The van der Waals surface area contributed by atoms with E-state index in [0.717, 1.165) is 19.4 Å². The fourth-order valence-electron chi connectivity index (χ4n) is 3.62. The van der Waals surface area contributed by atoms with E-state index in [1.165, 1.54) is 19.3 Å². The van der Waals surface area contributed by atoms with Crippen LogP contribution in [0, 0.1) is 23.7 Å². The van der Waals surface area contributed by atoms with Gasteiger partial charge >= 0.3 is 5.97 Å². The van der Waals surface area contributed by atoms with Crippen molar-refractivity contribution in [2.45, 2.75) is 52.1 Å². The minimum absolute atomic E-state index is 0.222. The van der Waals surface area contributed by atoms with Crippen molar-refractivity contribution in [2.24, 2.45) is 23.7 Å². The summed E-state index contributed by atoms with van der Waals surface area (Å²) in [6, 6.07) is 0. The average molecular weight is 240 g/mol. The Balaban J connectivity index is 2.09. The Bertz CT molecular complexity index is 277. The molecule has 1 heterocycles. The molecule has 1 N–H and O–H groups in total. The molecule has 1 saturated carbocycles. The highest BCUT2D eigenvalue weighted by Gasteiger charge is 2.39. The van der Waals surface area contributed by atoms with E-state index in [1.807, 2.05) is 6.92 Å². The van der Waals surface area contributed by atoms with Gasteiger partial charge in [-0.15, -0.1) is 0 Å². The monoisotopic (exact) mass is 240 g/mol. The van der Waals surface area contributed by atoms with Crippen LogP contribution in [0.25, 0.3) is 0 Å². The van der Waals surface area contributed by atoms with Gasteiger partial charge in [0.05, 0.1) is 18.6 Å². The highest BCUT2D eigenvalue weighted by molar-refractivity contribution is 5.69. The van der Waals surface area contributed by atoms with Crippen LogP contribution in [0.5, 0.6) is 0 Å². The molecule has 0 bridgehead atoms. The molecule has 0 aromatic heterocycles. The zero-order valence-electron chi connectivity index (χ0n) is 10.9. The molecule has 1 saturated heterocycles. The van der Waals surface area contributed by atoms with Crippen LogP contribution in [0.1, 0.15) is 46.0 Å². The number of carbonyl (C=O) groups is 1. The first-order valence-corrected chi connectivity index (χ1v) is 6.94. The second-order valence-electron chi connectivity index (χ2n) is 5.87. The standard InChI is InChI=1S/C14H24O3/c1-9-6-7-11-4-3-5-12(10(2)14(15)16)13(11)8-17-9/h9-13H,3-8H2,1-2H3,(H,15,16)/t9?,10-,11?,12?,13?/m1/s1. The molecule has 2 fully saturated rings. The van der Waals surface area contributed by atoms with Crippen molar-refractivity contribution in [2.75, 3.05) is 6.61 Å². The summed E-state index contributed by atoms with van der Waals surface area (Å²) in [5.41, 5.74) is 0. The predicted molar refractivity (Wildman–Crippen MR) is 65.8 cm³/mol. The molecule has 98 valence electrons. The Morgan fingerprint density at radius 3 is 2.76 bits per heavy atom. The summed E-state index contributed by atoms with van der Waals surface area (Å²) in [5.74, 6) is 0.615. The van der Waals surface area contributed by atoms with Gasteiger partial charge in [0.25, 0.3) is 0 Å². The summed E-state index contributed by atoms with van der Waals surface area (Å²) in [4.78, 5) is 11.2. The lowest BCUT2D eigenvalue weighted by atomic mass is 9.67. The van der Waals surface area contributed by atoms with Crippen molar-refractivity contribution < 1.29 is 14.6 Å². The van der Waals surface area contributed by atoms with Crippen LogP contribution in [0.15, 0.2) is 0 Å². The van der Waals surface area contributed by atoms with Crippen LogP contribution < -0.4 is 0 Å². The predicted octanol–water partition coefficient (Wildman–Crippen LogP) is 2.94. The van der Waals surface area contributed by atoms with Crippen LogP contribution in [-0.4, -0.2) is 23.8 Å². The van der Waals surface area contributed by atoms with Gasteiger partial charge in [0.1, 0.15) is 0 Å². The van der Waals surface area contributed by atoms with Crippen LogP contribution in [0.4, 0.5) is 0 Å². The molecule has 1 aliphatic carbocycles. The minimum Gasteiger partial charge on any atom is -0.481 e. The molecule has 0 aromatic rings. The van der Waals surface area contributed by atoms with Crippen LogP contribution >= 0.6 is 0 Å². The van der Waals surface area contributed by atoms with E-state index < -0.39 is 5.97 Å². The Hall–Kier alpha value is -0.570. The Morgan fingerprint density at radius 2 is 2.06 bits per heavy atom. The van der Waals surface area contributed by atoms with E-state index in [1.54, 1.807) is 0 Å². The molecule has 2 aliphatic rings. The smallest absolute Gasteiger partial charge is 0.306 e. The van der Waals surface area contributed by atoms with Gasteiger partial charge in [0.2, 0.25) is 0 Å². The summed E-state index contributed by atoms with van der Waals surface area (Å²) in [5, 5.41) is 9.21. The summed E-state index contributed by atoms with van der Waals surface area (Å²) in [6.07, 6.45) is 6.22. The lowest BCUT2D eigenvalue weighted by molar-refractivity contribution is -0.145. The van der Waals surface area contributed by atoms with E-state index in [0.29, 0.717) is 23.9 Å². The van der Waals surface area contributed by atoms with Crippen LogP contribution in [0.3, 0.4) is 0 Å². The zero-order valence-corrected chi connectivity index (χ0v) is 10.9. The number of hydrogen-bond donors (Lipinski definition) is 1. The van der Waals surface area contributed by atoms with Crippen molar-refractivity contribution in [3.05, 3.63) is 0 Å². The van der Waals surface area contributed by atoms with Gasteiger partial charge in [-0.3, -0.25) is 4.79 Å². The lowest BCUT2D eigenvalue weighted by Crippen LogP contribution is -2.37. The summed E-state index contributed by atoms with van der Waals surface area (Å²) in [7, 11) is 0. The summed E-state index contributed by atoms with van der Waals surface area (Å²) in [6.45, 7) is 4.77. The Morgan fingerprint density at radius 1 is 1.29 bits per heavy atom. The van der Waals surface area contributed by atoms with E-state index in [-0.39, 0.29) is 5.92 Å². The molecule has 0 spiro atoms. The molecule has 17 heavy (non-hydrogen) atoms. The van der Waals surface area contributed by atoms with E-state index >= 15 is 0 Å². The van der Waals surface area contributed by atoms with Crippen molar-refractivity contribution in [1.29, 1.82) is 0 Å². The third-order valence-corrected chi connectivity index (χ3v) is 4.82. The third kappa shape index (κ3) is 2.82. The Kier molecular flexibility index (Phi) is 4.08. The first kappa shape index (κ1) is 12.9. The van der Waals surface area contributed by atoms with Crippen molar-refractivity contribution >= 4 is 5.97 Å². The number of hydrogen-bond acceptors (Lipinski definition) is 2. The van der Waals surface area contributed by atoms with Crippen molar-refractivity contribution in [3.8, 4) is 0 Å². The molecule has 3 heteroatoms. The van der Waals surface area contributed by atoms with E-state index in [4.69, 9.17) is 4.74 Å². The summed E-state index contributed by atoms with van der Waals surface area (Å²) >= 11 is 0. The molecular weight excluding hydrogens is 216 g/mol. The Labute approximate surface area is 104 Å². The fraction of sp³-hybridized carbons (Fsp3) is 0.929.